The van der Waals surface area contributed by atoms with Gasteiger partial charge in [-0.25, -0.2) is 0 Å². The molecule has 0 radical (unpaired) electrons. The second-order valence-electron chi connectivity index (χ2n) is 7.45. The Morgan fingerprint density at radius 1 is 1.21 bits per heavy atom. The van der Waals surface area contributed by atoms with Crippen LogP contribution in [0.25, 0.3) is 0 Å². The molecule has 19 heavy (non-hydrogen) atoms. The molecule has 112 valence electrons. The Kier molecular flexibility index (Phi) is 5.07. The summed E-state index contributed by atoms with van der Waals surface area (Å²) in [5.41, 5.74) is 6.75. The van der Waals surface area contributed by atoms with Crippen LogP contribution in [0.1, 0.15) is 40.0 Å². The van der Waals surface area contributed by atoms with Gasteiger partial charge in [0.25, 0.3) is 0 Å². The first-order valence-corrected chi connectivity index (χ1v) is 9.18. The lowest BCUT2D eigenvalue weighted by atomic mass is 9.67. The average molecular weight is 286 g/mol. The highest BCUT2D eigenvalue weighted by Gasteiger charge is 2.35. The van der Waals surface area contributed by atoms with Gasteiger partial charge in [0.1, 0.15) is 0 Å². The largest absolute Gasteiger partial charge is 0.327 e. The van der Waals surface area contributed by atoms with E-state index in [9.17, 15) is 4.21 Å². The van der Waals surface area contributed by atoms with Crippen molar-refractivity contribution in [3.05, 3.63) is 0 Å². The summed E-state index contributed by atoms with van der Waals surface area (Å²) in [7, 11) is -0.570. The minimum Gasteiger partial charge on any atom is -0.327 e. The molecule has 0 aromatic heterocycles. The van der Waals surface area contributed by atoms with E-state index < -0.39 is 10.8 Å². The molecular weight excluding hydrogens is 256 g/mol. The zero-order chi connectivity index (χ0) is 14.0. The second-order valence-corrected chi connectivity index (χ2v) is 9.14. The number of nitrogens with two attached hydrogens (primary N) is 1. The maximum Gasteiger partial charge on any atom is 0.0363 e. The molecule has 0 amide bonds. The zero-order valence-corrected chi connectivity index (χ0v) is 13.5. The Bertz CT molecular complexity index is 317. The van der Waals surface area contributed by atoms with Gasteiger partial charge in [0.2, 0.25) is 0 Å². The smallest absolute Gasteiger partial charge is 0.0363 e. The summed E-state index contributed by atoms with van der Waals surface area (Å²) in [5, 5.41) is 0. The summed E-state index contributed by atoms with van der Waals surface area (Å²) >= 11 is 0. The van der Waals surface area contributed by atoms with Gasteiger partial charge in [-0.3, -0.25) is 4.21 Å². The minimum atomic E-state index is -0.570. The molecule has 0 bridgehead atoms. The maximum absolute atomic E-state index is 11.4. The highest BCUT2D eigenvalue weighted by molar-refractivity contribution is 7.85. The van der Waals surface area contributed by atoms with Crippen molar-refractivity contribution in [1.29, 1.82) is 0 Å². The minimum absolute atomic E-state index is 0.367. The van der Waals surface area contributed by atoms with Gasteiger partial charge in [0.05, 0.1) is 0 Å². The van der Waals surface area contributed by atoms with Crippen molar-refractivity contribution in [1.82, 2.24) is 4.90 Å². The Hall–Kier alpha value is 0.0700. The molecule has 1 aliphatic heterocycles. The molecular formula is C15H30N2OS. The topological polar surface area (TPSA) is 46.3 Å². The summed E-state index contributed by atoms with van der Waals surface area (Å²) in [5.74, 6) is 3.13. The molecule has 2 aliphatic rings. The number of nitrogens with zero attached hydrogens (tertiary/aromatic N) is 1. The van der Waals surface area contributed by atoms with E-state index in [1.54, 1.807) is 0 Å². The lowest BCUT2D eigenvalue weighted by Gasteiger charge is -2.42. The molecule has 2 rings (SSSR count). The normalized spacial score (nSPS) is 35.5. The van der Waals surface area contributed by atoms with Crippen LogP contribution in [-0.2, 0) is 10.8 Å². The van der Waals surface area contributed by atoms with Crippen LogP contribution in [0.2, 0.25) is 0 Å². The third kappa shape index (κ3) is 4.27. The Morgan fingerprint density at radius 2 is 1.84 bits per heavy atom. The van der Waals surface area contributed by atoms with E-state index in [1.165, 1.54) is 19.3 Å². The van der Waals surface area contributed by atoms with Gasteiger partial charge in [0.15, 0.2) is 0 Å². The van der Waals surface area contributed by atoms with Crippen molar-refractivity contribution in [2.24, 2.45) is 23.0 Å². The molecule has 3 unspecified atom stereocenters. The van der Waals surface area contributed by atoms with Crippen LogP contribution in [0.3, 0.4) is 0 Å². The van der Waals surface area contributed by atoms with E-state index in [4.69, 9.17) is 5.73 Å². The Labute approximate surface area is 120 Å². The van der Waals surface area contributed by atoms with E-state index in [0.717, 1.165) is 37.1 Å². The lowest BCUT2D eigenvalue weighted by molar-refractivity contribution is 0.102. The first-order valence-electron chi connectivity index (χ1n) is 7.69. The molecule has 0 spiro atoms. The second kappa shape index (κ2) is 6.23. The predicted octanol–water partition coefficient (Wildman–Crippen LogP) is 1.84. The van der Waals surface area contributed by atoms with Crippen LogP contribution < -0.4 is 5.73 Å². The van der Waals surface area contributed by atoms with Crippen LogP contribution >= 0.6 is 0 Å². The molecule has 3 atom stereocenters. The van der Waals surface area contributed by atoms with Gasteiger partial charge >= 0.3 is 0 Å². The van der Waals surface area contributed by atoms with Crippen molar-refractivity contribution in [2.45, 2.75) is 46.1 Å². The van der Waals surface area contributed by atoms with Gasteiger partial charge in [-0.1, -0.05) is 20.8 Å². The first kappa shape index (κ1) is 15.5. The molecule has 1 aliphatic carbocycles. The Morgan fingerprint density at radius 3 is 2.42 bits per heavy atom. The van der Waals surface area contributed by atoms with Gasteiger partial charge in [-0.15, -0.1) is 0 Å². The van der Waals surface area contributed by atoms with Gasteiger partial charge < -0.3 is 10.6 Å². The van der Waals surface area contributed by atoms with Gasteiger partial charge in [-0.2, -0.15) is 0 Å². The van der Waals surface area contributed by atoms with Crippen LogP contribution in [0.5, 0.6) is 0 Å². The average Bonchev–Trinajstić information content (AvgIpc) is 2.33. The number of rotatable bonds is 2. The summed E-state index contributed by atoms with van der Waals surface area (Å²) in [6.07, 6.45) is 3.72. The zero-order valence-electron chi connectivity index (χ0n) is 12.7. The van der Waals surface area contributed by atoms with E-state index in [0.29, 0.717) is 17.4 Å². The summed E-state index contributed by atoms with van der Waals surface area (Å²) in [4.78, 5) is 2.48. The maximum atomic E-state index is 11.4. The molecule has 2 N–H and O–H groups in total. The SMILES string of the molecule is CC(C)(C)C1CCC(N)C(CN2CCS(=O)CC2)C1. The van der Waals surface area contributed by atoms with Crippen LogP contribution in [-0.4, -0.2) is 46.3 Å². The van der Waals surface area contributed by atoms with Gasteiger partial charge in [0, 0.05) is 48.0 Å². The van der Waals surface area contributed by atoms with Crippen LogP contribution in [0, 0.1) is 17.3 Å². The molecule has 0 aromatic rings. The molecule has 1 saturated carbocycles. The monoisotopic (exact) mass is 286 g/mol. The molecule has 4 heteroatoms. The predicted molar refractivity (Wildman–Crippen MR) is 82.6 cm³/mol. The van der Waals surface area contributed by atoms with E-state index in [1.807, 2.05) is 0 Å². The fourth-order valence-corrected chi connectivity index (χ4v) is 4.60. The third-order valence-corrected chi connectivity index (χ3v) is 6.30. The molecule has 3 nitrogen and oxygen atoms in total. The van der Waals surface area contributed by atoms with E-state index >= 15 is 0 Å². The van der Waals surface area contributed by atoms with Crippen molar-refractivity contribution in [2.75, 3.05) is 31.1 Å². The van der Waals surface area contributed by atoms with Crippen LogP contribution in [0.4, 0.5) is 0 Å². The summed E-state index contributed by atoms with van der Waals surface area (Å²) in [6.45, 7) is 10.2. The summed E-state index contributed by atoms with van der Waals surface area (Å²) < 4.78 is 11.4. The van der Waals surface area contributed by atoms with Crippen molar-refractivity contribution >= 4 is 10.8 Å². The van der Waals surface area contributed by atoms with Crippen LogP contribution in [0.15, 0.2) is 0 Å². The molecule has 2 fully saturated rings. The fraction of sp³-hybridized carbons (Fsp3) is 1.00. The standard InChI is InChI=1S/C15H30N2OS/c1-15(2,3)13-4-5-14(16)12(10-13)11-17-6-8-19(18)9-7-17/h12-14H,4-11,16H2,1-3H3. The van der Waals surface area contributed by atoms with E-state index in [-0.39, 0.29) is 0 Å². The highest BCUT2D eigenvalue weighted by atomic mass is 32.2. The summed E-state index contributed by atoms with van der Waals surface area (Å²) in [6, 6.07) is 0.367. The molecule has 1 saturated heterocycles. The van der Waals surface area contributed by atoms with Crippen molar-refractivity contribution in [3.8, 4) is 0 Å². The third-order valence-electron chi connectivity index (χ3n) is 5.03. The van der Waals surface area contributed by atoms with Gasteiger partial charge in [-0.05, 0) is 36.5 Å². The lowest BCUT2D eigenvalue weighted by Crippen LogP contribution is -2.48. The van der Waals surface area contributed by atoms with Crippen molar-refractivity contribution in [3.63, 3.8) is 0 Å². The molecule has 0 aromatic carbocycles. The van der Waals surface area contributed by atoms with E-state index in [2.05, 4.69) is 25.7 Å². The number of hydrogen-bond donors (Lipinski definition) is 1. The quantitative estimate of drug-likeness (QED) is 0.842. The Balaban J connectivity index is 1.89. The first-order chi connectivity index (χ1) is 8.86. The number of hydrogen-bond acceptors (Lipinski definition) is 3. The molecule has 1 heterocycles. The fourth-order valence-electron chi connectivity index (χ4n) is 3.47. The van der Waals surface area contributed by atoms with Crippen molar-refractivity contribution < 1.29 is 4.21 Å². The highest BCUT2D eigenvalue weighted by Crippen LogP contribution is 2.40.